The summed E-state index contributed by atoms with van der Waals surface area (Å²) in [5, 5.41) is 6.74. The van der Waals surface area contributed by atoms with Crippen LogP contribution in [-0.4, -0.2) is 57.9 Å². The highest BCUT2D eigenvalue weighted by Gasteiger charge is 2.23. The van der Waals surface area contributed by atoms with Crippen LogP contribution in [-0.2, 0) is 4.74 Å². The number of aromatic nitrogens is 3. The van der Waals surface area contributed by atoms with E-state index in [1.54, 1.807) is 16.2 Å². The number of imidazole rings is 1. The average Bonchev–Trinajstić information content (AvgIpc) is 3.30. The minimum Gasteiger partial charge on any atom is -0.447 e. The molecule has 1 aliphatic rings. The van der Waals surface area contributed by atoms with Crippen LogP contribution in [0.25, 0.3) is 16.2 Å². The Kier molecular flexibility index (Phi) is 4.50. The van der Waals surface area contributed by atoms with Crippen molar-refractivity contribution < 1.29 is 9.53 Å². The Morgan fingerprint density at radius 2 is 2.00 bits per heavy atom. The van der Waals surface area contributed by atoms with Crippen molar-refractivity contribution in [2.75, 3.05) is 31.1 Å². The van der Waals surface area contributed by atoms with Crippen molar-refractivity contribution in [2.24, 2.45) is 0 Å². The van der Waals surface area contributed by atoms with Crippen LogP contribution < -0.4 is 4.90 Å². The van der Waals surface area contributed by atoms with Gasteiger partial charge in [-0.3, -0.25) is 0 Å². The Morgan fingerprint density at radius 3 is 2.69 bits per heavy atom. The predicted octanol–water partition coefficient (Wildman–Crippen LogP) is 3.12. The molecule has 3 aromatic rings. The summed E-state index contributed by atoms with van der Waals surface area (Å²) in [6.07, 6.45) is 1.63. The first-order valence-corrected chi connectivity index (χ1v) is 9.59. The number of fused-ring (bicyclic) bond motifs is 1. The molecule has 1 saturated heterocycles. The van der Waals surface area contributed by atoms with Crippen molar-refractivity contribution in [3.8, 4) is 10.6 Å². The topological polar surface area (TPSA) is 63.0 Å². The van der Waals surface area contributed by atoms with Gasteiger partial charge in [-0.15, -0.1) is 16.4 Å². The SMILES string of the molecule is CC(C)OC(=O)N1CCN(c2ccc3nc(-c4cccs4)cn3n2)CC1. The van der Waals surface area contributed by atoms with Gasteiger partial charge < -0.3 is 14.5 Å². The Hall–Kier alpha value is -2.61. The van der Waals surface area contributed by atoms with Crippen LogP contribution in [0, 0.1) is 0 Å². The van der Waals surface area contributed by atoms with Crippen LogP contribution in [0.5, 0.6) is 0 Å². The fourth-order valence-electron chi connectivity index (χ4n) is 2.98. The molecule has 0 atom stereocenters. The molecule has 0 saturated carbocycles. The molecule has 0 spiro atoms. The Balaban J connectivity index is 1.47. The first-order valence-electron chi connectivity index (χ1n) is 8.71. The normalized spacial score (nSPS) is 15.0. The zero-order valence-corrected chi connectivity index (χ0v) is 15.6. The van der Waals surface area contributed by atoms with E-state index in [-0.39, 0.29) is 12.2 Å². The molecule has 7 nitrogen and oxygen atoms in total. The lowest BCUT2D eigenvalue weighted by molar-refractivity contribution is 0.0751. The lowest BCUT2D eigenvalue weighted by atomic mass is 10.3. The summed E-state index contributed by atoms with van der Waals surface area (Å²) in [6, 6.07) is 8.05. The minimum absolute atomic E-state index is 0.0941. The zero-order chi connectivity index (χ0) is 18.1. The quantitative estimate of drug-likeness (QED) is 0.708. The fraction of sp³-hybridized carbons (Fsp3) is 0.389. The number of piperazine rings is 1. The van der Waals surface area contributed by atoms with Gasteiger partial charge >= 0.3 is 6.09 Å². The first kappa shape index (κ1) is 16.8. The van der Waals surface area contributed by atoms with Gasteiger partial charge in [0.1, 0.15) is 11.5 Å². The van der Waals surface area contributed by atoms with E-state index in [0.29, 0.717) is 13.1 Å². The van der Waals surface area contributed by atoms with Gasteiger partial charge in [-0.1, -0.05) is 6.07 Å². The van der Waals surface area contributed by atoms with Crippen molar-refractivity contribution in [1.29, 1.82) is 0 Å². The monoisotopic (exact) mass is 371 g/mol. The summed E-state index contributed by atoms with van der Waals surface area (Å²) in [4.78, 5) is 21.7. The van der Waals surface area contributed by atoms with Gasteiger partial charge in [0.05, 0.1) is 17.2 Å². The molecule has 4 rings (SSSR count). The second-order valence-corrected chi connectivity index (χ2v) is 7.45. The lowest BCUT2D eigenvalue weighted by Crippen LogP contribution is -2.49. The second-order valence-electron chi connectivity index (χ2n) is 6.50. The molecule has 0 aliphatic carbocycles. The van der Waals surface area contributed by atoms with Gasteiger partial charge in [0.15, 0.2) is 5.65 Å². The maximum Gasteiger partial charge on any atom is 0.410 e. The van der Waals surface area contributed by atoms with Gasteiger partial charge in [-0.2, -0.15) is 0 Å². The summed E-state index contributed by atoms with van der Waals surface area (Å²) in [5.41, 5.74) is 1.77. The number of anilines is 1. The molecule has 0 radical (unpaired) electrons. The molecule has 1 aliphatic heterocycles. The number of ether oxygens (including phenoxy) is 1. The van der Waals surface area contributed by atoms with E-state index in [9.17, 15) is 4.79 Å². The zero-order valence-electron chi connectivity index (χ0n) is 14.8. The van der Waals surface area contributed by atoms with Gasteiger partial charge in [0.2, 0.25) is 0 Å². The Labute approximate surface area is 155 Å². The molecule has 1 fully saturated rings. The van der Waals surface area contributed by atoms with Crippen molar-refractivity contribution in [3.05, 3.63) is 35.8 Å². The molecule has 136 valence electrons. The molecule has 26 heavy (non-hydrogen) atoms. The summed E-state index contributed by atoms with van der Waals surface area (Å²) in [6.45, 7) is 6.47. The number of carbonyl (C=O) groups is 1. The van der Waals surface area contributed by atoms with E-state index < -0.39 is 0 Å². The van der Waals surface area contributed by atoms with E-state index in [4.69, 9.17) is 9.84 Å². The van der Waals surface area contributed by atoms with E-state index in [2.05, 4.69) is 16.0 Å². The standard InChI is InChI=1S/C18H21N5O2S/c1-13(2)25-18(24)22-9-7-21(8-10-22)17-6-5-16-19-14(12-23(16)20-17)15-4-3-11-26-15/h3-6,11-13H,7-10H2,1-2H3. The predicted molar refractivity (Wildman–Crippen MR) is 102 cm³/mol. The van der Waals surface area contributed by atoms with Crippen LogP contribution in [0.4, 0.5) is 10.6 Å². The number of hydrogen-bond acceptors (Lipinski definition) is 6. The highest BCUT2D eigenvalue weighted by atomic mass is 32.1. The molecule has 3 aromatic heterocycles. The summed E-state index contributed by atoms with van der Waals surface area (Å²) >= 11 is 1.67. The van der Waals surface area contributed by atoms with Crippen LogP contribution in [0.15, 0.2) is 35.8 Å². The molecule has 1 amide bonds. The van der Waals surface area contributed by atoms with Crippen LogP contribution in [0.2, 0.25) is 0 Å². The maximum absolute atomic E-state index is 12.0. The number of hydrogen-bond donors (Lipinski definition) is 0. The van der Waals surface area contributed by atoms with Crippen LogP contribution >= 0.6 is 11.3 Å². The van der Waals surface area contributed by atoms with Crippen molar-refractivity contribution in [2.45, 2.75) is 20.0 Å². The summed E-state index contributed by atoms with van der Waals surface area (Å²) in [7, 11) is 0. The summed E-state index contributed by atoms with van der Waals surface area (Å²) in [5.74, 6) is 0.893. The molecule has 4 heterocycles. The van der Waals surface area contributed by atoms with E-state index >= 15 is 0 Å². The molecular formula is C18H21N5O2S. The first-order chi connectivity index (χ1) is 12.6. The van der Waals surface area contributed by atoms with E-state index in [1.165, 1.54) is 0 Å². The molecular weight excluding hydrogens is 350 g/mol. The fourth-order valence-corrected chi connectivity index (χ4v) is 3.66. The van der Waals surface area contributed by atoms with Crippen molar-refractivity contribution >= 4 is 28.9 Å². The average molecular weight is 371 g/mol. The third kappa shape index (κ3) is 3.37. The second kappa shape index (κ2) is 6.95. The van der Waals surface area contributed by atoms with Crippen LogP contribution in [0.1, 0.15) is 13.8 Å². The van der Waals surface area contributed by atoms with Gasteiger partial charge in [-0.25, -0.2) is 14.3 Å². The molecule has 0 aromatic carbocycles. The third-order valence-corrected chi connectivity index (χ3v) is 5.17. The van der Waals surface area contributed by atoms with Gasteiger partial charge in [0.25, 0.3) is 0 Å². The molecule has 8 heteroatoms. The minimum atomic E-state index is -0.238. The molecule has 0 N–H and O–H groups in total. The number of amides is 1. The van der Waals surface area contributed by atoms with E-state index in [1.807, 2.05) is 48.1 Å². The largest absolute Gasteiger partial charge is 0.447 e. The Bertz CT molecular complexity index is 898. The van der Waals surface area contributed by atoms with Crippen LogP contribution in [0.3, 0.4) is 0 Å². The molecule has 0 bridgehead atoms. The van der Waals surface area contributed by atoms with Gasteiger partial charge in [-0.05, 0) is 37.4 Å². The maximum atomic E-state index is 12.0. The molecule has 0 unspecified atom stereocenters. The summed E-state index contributed by atoms with van der Waals surface area (Å²) < 4.78 is 7.09. The number of rotatable bonds is 3. The number of thiophene rings is 1. The lowest BCUT2D eigenvalue weighted by Gasteiger charge is -2.34. The smallest absolute Gasteiger partial charge is 0.410 e. The van der Waals surface area contributed by atoms with Gasteiger partial charge in [0, 0.05) is 26.2 Å². The van der Waals surface area contributed by atoms with Crippen molar-refractivity contribution in [1.82, 2.24) is 19.5 Å². The number of carbonyl (C=O) groups excluding carboxylic acids is 1. The Morgan fingerprint density at radius 1 is 1.19 bits per heavy atom. The highest BCUT2D eigenvalue weighted by molar-refractivity contribution is 7.13. The van der Waals surface area contributed by atoms with E-state index in [0.717, 1.165) is 35.1 Å². The van der Waals surface area contributed by atoms with Crippen molar-refractivity contribution in [3.63, 3.8) is 0 Å². The third-order valence-electron chi connectivity index (χ3n) is 4.28. The number of nitrogens with zero attached hydrogens (tertiary/aromatic N) is 5. The highest BCUT2D eigenvalue weighted by Crippen LogP contribution is 2.24.